The Morgan fingerprint density at radius 1 is 1.32 bits per heavy atom. The molecule has 3 rings (SSSR count). The monoisotopic (exact) mass is 377 g/mol. The van der Waals surface area contributed by atoms with Gasteiger partial charge in [-0.1, -0.05) is 0 Å². The summed E-state index contributed by atoms with van der Waals surface area (Å²) in [6.07, 6.45) is 5.44. The van der Waals surface area contributed by atoms with Crippen LogP contribution in [0.25, 0.3) is 11.0 Å². The Balaban J connectivity index is 2.15. The Morgan fingerprint density at radius 2 is 2.04 bits per heavy atom. The van der Waals surface area contributed by atoms with Crippen molar-refractivity contribution in [3.8, 4) is 6.07 Å². The number of nitriles is 1. The van der Waals surface area contributed by atoms with Gasteiger partial charge in [0.05, 0.1) is 12.8 Å². The van der Waals surface area contributed by atoms with Crippen LogP contribution in [0.2, 0.25) is 5.28 Å². The molecule has 0 saturated heterocycles. The molecule has 0 aliphatic rings. The number of aromatic nitrogens is 5. The summed E-state index contributed by atoms with van der Waals surface area (Å²) in [5.74, 6) is 0.177. The van der Waals surface area contributed by atoms with E-state index in [1.165, 1.54) is 25.6 Å². The minimum atomic E-state index is -3.51. The lowest BCUT2D eigenvalue weighted by Crippen LogP contribution is -2.27. The highest BCUT2D eigenvalue weighted by molar-refractivity contribution is 7.92. The van der Waals surface area contributed by atoms with Crippen molar-refractivity contribution in [3.63, 3.8) is 0 Å². The first-order valence-corrected chi connectivity index (χ1v) is 9.19. The molecule has 0 aliphatic carbocycles. The Bertz CT molecular complexity index is 1100. The molecule has 0 N–H and O–H groups in total. The van der Waals surface area contributed by atoms with Gasteiger partial charge in [0.2, 0.25) is 15.3 Å². The number of sulfonamides is 1. The Hall–Kier alpha value is -2.77. The maximum Gasteiger partial charge on any atom is 0.233 e. The fraction of sp³-hybridized carbons (Fsp3) is 0.214. The molecule has 9 nitrogen and oxygen atoms in total. The fourth-order valence-electron chi connectivity index (χ4n) is 2.31. The molecule has 3 aromatic rings. The summed E-state index contributed by atoms with van der Waals surface area (Å²) in [6, 6.07) is 3.70. The van der Waals surface area contributed by atoms with Gasteiger partial charge in [-0.3, -0.25) is 9.29 Å². The molecule has 3 heterocycles. The minimum absolute atomic E-state index is 0.0453. The van der Waals surface area contributed by atoms with Gasteiger partial charge in [0.1, 0.15) is 23.1 Å². The highest BCUT2D eigenvalue weighted by Crippen LogP contribution is 2.23. The average Bonchev–Trinajstić information content (AvgIpc) is 2.91. The Morgan fingerprint density at radius 3 is 2.72 bits per heavy atom. The number of hydrogen-bond donors (Lipinski definition) is 0. The van der Waals surface area contributed by atoms with Gasteiger partial charge < -0.3 is 4.57 Å². The number of anilines is 1. The maximum atomic E-state index is 11.8. The highest BCUT2D eigenvalue weighted by Gasteiger charge is 2.20. The van der Waals surface area contributed by atoms with E-state index in [-0.39, 0.29) is 17.6 Å². The summed E-state index contributed by atoms with van der Waals surface area (Å²) in [6.45, 7) is 0.1000. The molecule has 0 aliphatic heterocycles. The van der Waals surface area contributed by atoms with Crippen LogP contribution in [-0.4, -0.2) is 46.2 Å². The van der Waals surface area contributed by atoms with Crippen molar-refractivity contribution in [1.82, 2.24) is 24.5 Å². The maximum absolute atomic E-state index is 11.8. The smallest absolute Gasteiger partial charge is 0.233 e. The van der Waals surface area contributed by atoms with E-state index in [2.05, 4.69) is 26.0 Å². The molecule has 0 atom stereocenters. The summed E-state index contributed by atoms with van der Waals surface area (Å²) in [5.41, 5.74) is 1.15. The van der Waals surface area contributed by atoms with Crippen LogP contribution < -0.4 is 4.31 Å². The molecule has 0 bridgehead atoms. The van der Waals surface area contributed by atoms with E-state index >= 15 is 0 Å². The van der Waals surface area contributed by atoms with Crippen LogP contribution in [0.15, 0.2) is 24.7 Å². The standard InChI is InChI=1S/C14H12ClN7O2S/c1-21(25(2,23)24)13-11(17-3-4-18-13)8-22-10(6-16)5-9-7-19-14(15)20-12(9)22/h3-5,7H,8H2,1-2H3. The molecule has 25 heavy (non-hydrogen) atoms. The molecule has 0 radical (unpaired) electrons. The van der Waals surface area contributed by atoms with Crippen molar-refractivity contribution in [2.24, 2.45) is 0 Å². The minimum Gasteiger partial charge on any atom is -0.311 e. The second-order valence-electron chi connectivity index (χ2n) is 5.20. The molecule has 128 valence electrons. The van der Waals surface area contributed by atoms with Gasteiger partial charge in [-0.25, -0.2) is 18.4 Å². The number of rotatable bonds is 4. The summed E-state index contributed by atoms with van der Waals surface area (Å²) in [4.78, 5) is 16.4. The average molecular weight is 378 g/mol. The van der Waals surface area contributed by atoms with Gasteiger partial charge in [-0.2, -0.15) is 10.2 Å². The predicted octanol–water partition coefficient (Wildman–Crippen LogP) is 1.19. The van der Waals surface area contributed by atoms with E-state index in [1.807, 2.05) is 0 Å². The normalized spacial score (nSPS) is 11.4. The quantitative estimate of drug-likeness (QED) is 0.626. The van der Waals surface area contributed by atoms with Crippen molar-refractivity contribution in [3.05, 3.63) is 41.3 Å². The summed E-state index contributed by atoms with van der Waals surface area (Å²) in [5, 5.41) is 10.1. The molecule has 11 heteroatoms. The van der Waals surface area contributed by atoms with Gasteiger partial charge in [0, 0.05) is 31.0 Å². The first-order valence-electron chi connectivity index (χ1n) is 6.97. The molecule has 0 unspecified atom stereocenters. The van der Waals surface area contributed by atoms with Crippen LogP contribution in [0.4, 0.5) is 5.82 Å². The summed E-state index contributed by atoms with van der Waals surface area (Å²) < 4.78 is 26.3. The van der Waals surface area contributed by atoms with E-state index in [1.54, 1.807) is 10.6 Å². The van der Waals surface area contributed by atoms with Crippen LogP contribution >= 0.6 is 11.6 Å². The molecule has 3 aromatic heterocycles. The predicted molar refractivity (Wildman–Crippen MR) is 91.6 cm³/mol. The van der Waals surface area contributed by atoms with E-state index in [0.29, 0.717) is 22.4 Å². The van der Waals surface area contributed by atoms with Crippen molar-refractivity contribution >= 4 is 38.5 Å². The topological polar surface area (TPSA) is 118 Å². The van der Waals surface area contributed by atoms with Crippen LogP contribution in [0.1, 0.15) is 11.4 Å². The van der Waals surface area contributed by atoms with Gasteiger partial charge >= 0.3 is 0 Å². The van der Waals surface area contributed by atoms with Crippen molar-refractivity contribution in [1.29, 1.82) is 5.26 Å². The molecule has 0 aromatic carbocycles. The largest absolute Gasteiger partial charge is 0.311 e. The highest BCUT2D eigenvalue weighted by atomic mass is 35.5. The third kappa shape index (κ3) is 3.24. The zero-order valence-electron chi connectivity index (χ0n) is 13.2. The fourth-order valence-corrected chi connectivity index (χ4v) is 2.91. The second-order valence-corrected chi connectivity index (χ2v) is 7.55. The van der Waals surface area contributed by atoms with Crippen LogP contribution in [0, 0.1) is 11.3 Å². The molecule has 0 fully saturated rings. The number of halogens is 1. The van der Waals surface area contributed by atoms with E-state index in [0.717, 1.165) is 10.6 Å². The van der Waals surface area contributed by atoms with Crippen molar-refractivity contribution in [2.45, 2.75) is 6.54 Å². The number of fused-ring (bicyclic) bond motifs is 1. The zero-order valence-corrected chi connectivity index (χ0v) is 14.8. The summed E-state index contributed by atoms with van der Waals surface area (Å²) in [7, 11) is -2.12. The van der Waals surface area contributed by atoms with Crippen molar-refractivity contribution in [2.75, 3.05) is 17.6 Å². The lowest BCUT2D eigenvalue weighted by molar-refractivity contribution is 0.599. The van der Waals surface area contributed by atoms with Crippen molar-refractivity contribution < 1.29 is 8.42 Å². The van der Waals surface area contributed by atoms with Crippen LogP contribution in [-0.2, 0) is 16.6 Å². The Kier molecular flexibility index (Phi) is 4.28. The van der Waals surface area contributed by atoms with Gasteiger partial charge in [0.15, 0.2) is 5.82 Å². The molecule has 0 spiro atoms. The second kappa shape index (κ2) is 6.27. The first-order chi connectivity index (χ1) is 11.8. The first kappa shape index (κ1) is 17.1. The third-order valence-electron chi connectivity index (χ3n) is 3.58. The van der Waals surface area contributed by atoms with E-state index in [4.69, 9.17) is 11.6 Å². The van der Waals surface area contributed by atoms with Gasteiger partial charge in [-0.05, 0) is 17.7 Å². The van der Waals surface area contributed by atoms with Crippen LogP contribution in [0.5, 0.6) is 0 Å². The third-order valence-corrected chi connectivity index (χ3v) is 4.93. The lowest BCUT2D eigenvalue weighted by Gasteiger charge is -2.18. The van der Waals surface area contributed by atoms with Gasteiger partial charge in [0.25, 0.3) is 0 Å². The molecular weight excluding hydrogens is 366 g/mol. The number of hydrogen-bond acceptors (Lipinski definition) is 7. The van der Waals surface area contributed by atoms with E-state index < -0.39 is 10.0 Å². The Labute approximate surface area is 148 Å². The van der Waals surface area contributed by atoms with Gasteiger partial charge in [-0.15, -0.1) is 0 Å². The SMILES string of the molecule is CN(c1nccnc1Cn1c(C#N)cc2cnc(Cl)nc21)S(C)(=O)=O. The number of nitrogens with zero attached hydrogens (tertiary/aromatic N) is 7. The molecular formula is C14H12ClN7O2S. The molecule has 0 saturated carbocycles. The van der Waals surface area contributed by atoms with Crippen LogP contribution in [0.3, 0.4) is 0 Å². The zero-order chi connectivity index (χ0) is 18.2. The summed E-state index contributed by atoms with van der Waals surface area (Å²) >= 11 is 5.85. The molecule has 0 amide bonds. The lowest BCUT2D eigenvalue weighted by atomic mass is 10.3. The van der Waals surface area contributed by atoms with E-state index in [9.17, 15) is 13.7 Å².